The fourth-order valence-corrected chi connectivity index (χ4v) is 2.11. The predicted molar refractivity (Wildman–Crippen MR) is 68.8 cm³/mol. The van der Waals surface area contributed by atoms with Gasteiger partial charge in [-0.3, -0.25) is 0 Å². The van der Waals surface area contributed by atoms with Gasteiger partial charge in [-0.05, 0) is 37.3 Å². The lowest BCUT2D eigenvalue weighted by molar-refractivity contribution is 0.417. The molecule has 0 heterocycles. The van der Waals surface area contributed by atoms with Crippen LogP contribution in [0.4, 0.5) is 0 Å². The number of aromatic hydroxyl groups is 1. The van der Waals surface area contributed by atoms with Crippen molar-refractivity contribution in [3.05, 3.63) is 28.8 Å². The maximum Gasteiger partial charge on any atom is 0.124 e. The number of phenols is 1. The monoisotopic (exact) mass is 221 g/mol. The lowest BCUT2D eigenvalue weighted by Gasteiger charge is -2.28. The highest BCUT2D eigenvalue weighted by atomic mass is 16.3. The highest BCUT2D eigenvalue weighted by Crippen LogP contribution is 2.38. The van der Waals surface area contributed by atoms with E-state index in [-0.39, 0.29) is 5.41 Å². The molecule has 0 spiro atoms. The van der Waals surface area contributed by atoms with Crippen LogP contribution in [0.25, 0.3) is 0 Å². The third-order valence-corrected chi connectivity index (χ3v) is 2.84. The summed E-state index contributed by atoms with van der Waals surface area (Å²) in [6.07, 6.45) is 0. The number of benzene rings is 1. The van der Waals surface area contributed by atoms with Crippen molar-refractivity contribution < 1.29 is 5.11 Å². The molecule has 0 aliphatic rings. The number of hydrogen-bond donors (Lipinski definition) is 2. The van der Waals surface area contributed by atoms with Crippen LogP contribution in [0.3, 0.4) is 0 Å². The molecule has 0 saturated heterocycles. The molecular weight excluding hydrogens is 198 g/mol. The fourth-order valence-electron chi connectivity index (χ4n) is 2.11. The van der Waals surface area contributed by atoms with Crippen molar-refractivity contribution in [1.29, 1.82) is 0 Å². The van der Waals surface area contributed by atoms with Crippen molar-refractivity contribution in [2.75, 3.05) is 0 Å². The average Bonchev–Trinajstić information content (AvgIpc) is 1.97. The van der Waals surface area contributed by atoms with Gasteiger partial charge in [0.1, 0.15) is 5.75 Å². The summed E-state index contributed by atoms with van der Waals surface area (Å²) in [4.78, 5) is 0. The minimum Gasteiger partial charge on any atom is -0.507 e. The summed E-state index contributed by atoms with van der Waals surface area (Å²) < 4.78 is 0. The van der Waals surface area contributed by atoms with E-state index in [0.717, 1.165) is 16.7 Å². The van der Waals surface area contributed by atoms with E-state index in [0.29, 0.717) is 5.75 Å². The summed E-state index contributed by atoms with van der Waals surface area (Å²) in [6.45, 7) is 12.1. The van der Waals surface area contributed by atoms with Gasteiger partial charge in [-0.2, -0.15) is 0 Å². The third-order valence-electron chi connectivity index (χ3n) is 2.84. The van der Waals surface area contributed by atoms with Crippen LogP contribution < -0.4 is 5.73 Å². The lowest BCUT2D eigenvalue weighted by Crippen LogP contribution is -2.30. The molecule has 2 nitrogen and oxygen atoms in total. The molecule has 16 heavy (non-hydrogen) atoms. The molecule has 0 radical (unpaired) electrons. The van der Waals surface area contributed by atoms with Crippen LogP contribution in [-0.4, -0.2) is 5.11 Å². The normalized spacial score (nSPS) is 12.9. The van der Waals surface area contributed by atoms with Crippen molar-refractivity contribution in [3.63, 3.8) is 0 Å². The summed E-state index contributed by atoms with van der Waals surface area (Å²) in [5.74, 6) is 0.347. The molecule has 0 aliphatic heterocycles. The third kappa shape index (κ3) is 2.38. The van der Waals surface area contributed by atoms with Crippen LogP contribution in [0.1, 0.15) is 51.3 Å². The molecule has 0 fully saturated rings. The van der Waals surface area contributed by atoms with Gasteiger partial charge in [0.25, 0.3) is 0 Å². The summed E-state index contributed by atoms with van der Waals surface area (Å²) in [7, 11) is 0. The molecule has 1 aromatic rings. The van der Waals surface area contributed by atoms with Gasteiger partial charge in [0, 0.05) is 11.1 Å². The molecule has 0 saturated carbocycles. The van der Waals surface area contributed by atoms with Gasteiger partial charge in [0.15, 0.2) is 0 Å². The van der Waals surface area contributed by atoms with Crippen molar-refractivity contribution >= 4 is 0 Å². The molecule has 0 unspecified atom stereocenters. The van der Waals surface area contributed by atoms with E-state index in [2.05, 4.69) is 20.8 Å². The van der Waals surface area contributed by atoms with Crippen molar-refractivity contribution in [3.8, 4) is 5.75 Å². The van der Waals surface area contributed by atoms with E-state index in [1.54, 1.807) is 0 Å². The smallest absolute Gasteiger partial charge is 0.124 e. The highest BCUT2D eigenvalue weighted by molar-refractivity contribution is 5.50. The van der Waals surface area contributed by atoms with Crippen LogP contribution in [0.5, 0.6) is 5.75 Å². The minimum atomic E-state index is -0.518. The maximum atomic E-state index is 10.4. The molecular formula is C14H23NO. The Morgan fingerprint density at radius 1 is 1.06 bits per heavy atom. The number of rotatable bonds is 1. The second kappa shape index (κ2) is 3.77. The second-order valence-electron chi connectivity index (χ2n) is 6.13. The van der Waals surface area contributed by atoms with Crippen LogP contribution in [0.15, 0.2) is 12.1 Å². The SMILES string of the molecule is Cc1ccc(C(C)(C)C)c(O)c1C(C)(C)N. The Morgan fingerprint density at radius 2 is 1.56 bits per heavy atom. The molecule has 90 valence electrons. The molecule has 0 bridgehead atoms. The van der Waals surface area contributed by atoms with Crippen LogP contribution in [-0.2, 0) is 11.0 Å². The summed E-state index contributed by atoms with van der Waals surface area (Å²) in [5, 5.41) is 10.4. The predicted octanol–water partition coefficient (Wildman–Crippen LogP) is 3.19. The summed E-state index contributed by atoms with van der Waals surface area (Å²) >= 11 is 0. The first kappa shape index (κ1) is 13.0. The lowest BCUT2D eigenvalue weighted by atomic mass is 9.80. The summed E-state index contributed by atoms with van der Waals surface area (Å²) in [5.41, 5.74) is 8.36. The van der Waals surface area contributed by atoms with Crippen LogP contribution in [0, 0.1) is 6.92 Å². The Hall–Kier alpha value is -1.02. The first-order chi connectivity index (χ1) is 7.05. The highest BCUT2D eigenvalue weighted by Gasteiger charge is 2.26. The van der Waals surface area contributed by atoms with E-state index in [1.165, 1.54) is 0 Å². The molecule has 3 N–H and O–H groups in total. The quantitative estimate of drug-likeness (QED) is 0.765. The average molecular weight is 221 g/mol. The Labute approximate surface area is 98.5 Å². The Morgan fingerprint density at radius 3 is 1.94 bits per heavy atom. The van der Waals surface area contributed by atoms with E-state index >= 15 is 0 Å². The topological polar surface area (TPSA) is 46.2 Å². The minimum absolute atomic E-state index is 0.0716. The van der Waals surface area contributed by atoms with Crippen molar-refractivity contribution in [1.82, 2.24) is 0 Å². The van der Waals surface area contributed by atoms with E-state index in [1.807, 2.05) is 32.9 Å². The van der Waals surface area contributed by atoms with Gasteiger partial charge in [-0.15, -0.1) is 0 Å². The molecule has 0 aliphatic carbocycles. The second-order valence-corrected chi connectivity index (χ2v) is 6.13. The van der Waals surface area contributed by atoms with Gasteiger partial charge < -0.3 is 10.8 Å². The fraction of sp³-hybridized carbons (Fsp3) is 0.571. The molecule has 1 rings (SSSR count). The molecule has 2 heteroatoms. The zero-order valence-corrected chi connectivity index (χ0v) is 11.2. The van der Waals surface area contributed by atoms with Gasteiger partial charge >= 0.3 is 0 Å². The number of nitrogens with two attached hydrogens (primary N) is 1. The molecule has 1 aromatic carbocycles. The standard InChI is InChI=1S/C14H23NO/c1-9-7-8-10(13(2,3)4)12(16)11(9)14(5,6)15/h7-8,16H,15H2,1-6H3. The van der Waals surface area contributed by atoms with E-state index < -0.39 is 5.54 Å². The Bertz CT molecular complexity index is 394. The maximum absolute atomic E-state index is 10.4. The first-order valence-corrected chi connectivity index (χ1v) is 5.67. The number of aryl methyl sites for hydroxylation is 1. The Balaban J connectivity index is 3.52. The Kier molecular flexibility index (Phi) is 3.08. The van der Waals surface area contributed by atoms with Crippen LogP contribution in [0.2, 0.25) is 0 Å². The zero-order valence-electron chi connectivity index (χ0n) is 11.2. The zero-order chi connectivity index (χ0) is 12.7. The van der Waals surface area contributed by atoms with Gasteiger partial charge in [-0.25, -0.2) is 0 Å². The van der Waals surface area contributed by atoms with E-state index in [9.17, 15) is 5.11 Å². The molecule has 0 atom stereocenters. The number of hydrogen-bond acceptors (Lipinski definition) is 2. The van der Waals surface area contributed by atoms with Gasteiger partial charge in [0.2, 0.25) is 0 Å². The first-order valence-electron chi connectivity index (χ1n) is 5.67. The van der Waals surface area contributed by atoms with E-state index in [4.69, 9.17) is 5.73 Å². The van der Waals surface area contributed by atoms with Gasteiger partial charge in [-0.1, -0.05) is 32.9 Å². The molecule has 0 amide bonds. The van der Waals surface area contributed by atoms with Crippen molar-refractivity contribution in [2.45, 2.75) is 52.5 Å². The largest absolute Gasteiger partial charge is 0.507 e. The van der Waals surface area contributed by atoms with Crippen LogP contribution >= 0.6 is 0 Å². The number of phenolic OH excluding ortho intramolecular Hbond substituents is 1. The summed E-state index contributed by atoms with van der Waals surface area (Å²) in [6, 6.07) is 4.02. The molecule has 0 aromatic heterocycles. The van der Waals surface area contributed by atoms with Crippen molar-refractivity contribution in [2.24, 2.45) is 5.73 Å². The van der Waals surface area contributed by atoms with Gasteiger partial charge in [0.05, 0.1) is 0 Å².